The minimum Gasteiger partial charge on any atom is -0.482 e. The van der Waals surface area contributed by atoms with Crippen molar-refractivity contribution in [2.24, 2.45) is 0 Å². The maximum atomic E-state index is 12.7. The summed E-state index contributed by atoms with van der Waals surface area (Å²) in [6.45, 7) is 3.69. The van der Waals surface area contributed by atoms with Crippen molar-refractivity contribution >= 4 is 16.8 Å². The van der Waals surface area contributed by atoms with E-state index in [1.54, 1.807) is 47.4 Å². The summed E-state index contributed by atoms with van der Waals surface area (Å²) in [5.41, 5.74) is 0.708. The van der Waals surface area contributed by atoms with E-state index in [4.69, 9.17) is 10.00 Å². The van der Waals surface area contributed by atoms with E-state index in [0.29, 0.717) is 28.0 Å². The molecule has 0 aliphatic rings. The van der Waals surface area contributed by atoms with E-state index in [9.17, 15) is 9.59 Å². The largest absolute Gasteiger partial charge is 0.482 e. The molecule has 7 heteroatoms. The second-order valence-electron chi connectivity index (χ2n) is 6.54. The molecule has 0 atom stereocenters. The van der Waals surface area contributed by atoms with Crippen molar-refractivity contribution in [3.05, 3.63) is 70.3 Å². The number of carbonyl (C=O) groups is 1. The van der Waals surface area contributed by atoms with Gasteiger partial charge >= 0.3 is 0 Å². The molecule has 7 nitrogen and oxygen atoms in total. The number of nitrogens with zero attached hydrogens (tertiary/aromatic N) is 3. The Balaban J connectivity index is 1.77. The van der Waals surface area contributed by atoms with Crippen molar-refractivity contribution in [1.29, 1.82) is 5.26 Å². The number of nitrogens with one attached hydrogen (secondary N) is 1. The maximum Gasteiger partial charge on any atom is 0.261 e. The zero-order chi connectivity index (χ0) is 20.1. The Bertz CT molecular complexity index is 1100. The van der Waals surface area contributed by atoms with Gasteiger partial charge in [0.15, 0.2) is 6.61 Å². The number of aromatic amines is 1. The van der Waals surface area contributed by atoms with Crippen LogP contribution in [0.15, 0.2) is 53.3 Å². The molecule has 0 bridgehead atoms. The minimum absolute atomic E-state index is 0.126. The molecule has 0 saturated heterocycles. The summed E-state index contributed by atoms with van der Waals surface area (Å²) in [7, 11) is 0. The normalized spacial score (nSPS) is 10.6. The van der Waals surface area contributed by atoms with Crippen LogP contribution in [0.3, 0.4) is 0 Å². The van der Waals surface area contributed by atoms with E-state index in [2.05, 4.69) is 9.97 Å². The van der Waals surface area contributed by atoms with Crippen molar-refractivity contribution in [3.63, 3.8) is 0 Å². The Morgan fingerprint density at radius 3 is 2.68 bits per heavy atom. The van der Waals surface area contributed by atoms with E-state index in [1.807, 2.05) is 26.0 Å². The molecule has 0 fully saturated rings. The average Bonchev–Trinajstić information content (AvgIpc) is 2.70. The number of aromatic nitrogens is 2. The Morgan fingerprint density at radius 2 is 1.93 bits per heavy atom. The lowest BCUT2D eigenvalue weighted by atomic mass is 10.2. The Hall–Kier alpha value is -3.66. The van der Waals surface area contributed by atoms with Gasteiger partial charge in [0.05, 0.1) is 23.0 Å². The number of carbonyl (C=O) groups excluding carboxylic acids is 1. The predicted molar refractivity (Wildman–Crippen MR) is 105 cm³/mol. The fourth-order valence-corrected chi connectivity index (χ4v) is 2.84. The molecule has 142 valence electrons. The summed E-state index contributed by atoms with van der Waals surface area (Å²) in [5, 5.41) is 9.63. The molecular weight excluding hydrogens is 356 g/mol. The molecule has 2 aromatic carbocycles. The minimum atomic E-state index is -0.265. The van der Waals surface area contributed by atoms with E-state index >= 15 is 0 Å². The van der Waals surface area contributed by atoms with Crippen LogP contribution in [0.4, 0.5) is 0 Å². The number of hydrogen-bond acceptors (Lipinski definition) is 5. The van der Waals surface area contributed by atoms with E-state index in [1.165, 1.54) is 0 Å². The third kappa shape index (κ3) is 4.18. The average molecular weight is 376 g/mol. The van der Waals surface area contributed by atoms with Crippen molar-refractivity contribution in [1.82, 2.24) is 14.9 Å². The van der Waals surface area contributed by atoms with Gasteiger partial charge in [0.25, 0.3) is 11.5 Å². The number of para-hydroxylation sites is 2. The lowest BCUT2D eigenvalue weighted by Gasteiger charge is -2.26. The second-order valence-corrected chi connectivity index (χ2v) is 6.54. The molecule has 1 heterocycles. The summed E-state index contributed by atoms with van der Waals surface area (Å²) < 4.78 is 5.55. The highest BCUT2D eigenvalue weighted by Crippen LogP contribution is 2.17. The molecule has 3 aromatic rings. The first-order valence-electron chi connectivity index (χ1n) is 8.89. The van der Waals surface area contributed by atoms with Gasteiger partial charge in [-0.15, -0.1) is 0 Å². The molecule has 0 unspecified atom stereocenters. The van der Waals surface area contributed by atoms with Crippen LogP contribution in [0.25, 0.3) is 10.9 Å². The van der Waals surface area contributed by atoms with Crippen LogP contribution in [0.2, 0.25) is 0 Å². The highest BCUT2D eigenvalue weighted by Gasteiger charge is 2.20. The topological polar surface area (TPSA) is 99.1 Å². The lowest BCUT2D eigenvalue weighted by Crippen LogP contribution is -2.40. The highest BCUT2D eigenvalue weighted by molar-refractivity contribution is 5.79. The van der Waals surface area contributed by atoms with Crippen molar-refractivity contribution in [2.75, 3.05) is 6.61 Å². The van der Waals surface area contributed by atoms with Crippen molar-refractivity contribution in [3.8, 4) is 11.8 Å². The quantitative estimate of drug-likeness (QED) is 0.713. The van der Waals surface area contributed by atoms with Gasteiger partial charge in [-0.25, -0.2) is 4.98 Å². The van der Waals surface area contributed by atoms with Crippen molar-refractivity contribution < 1.29 is 9.53 Å². The fourth-order valence-electron chi connectivity index (χ4n) is 2.84. The Kier molecular flexibility index (Phi) is 5.70. The van der Waals surface area contributed by atoms with Gasteiger partial charge in [0.2, 0.25) is 0 Å². The van der Waals surface area contributed by atoms with Crippen LogP contribution < -0.4 is 10.3 Å². The van der Waals surface area contributed by atoms with Gasteiger partial charge in [-0.05, 0) is 38.1 Å². The van der Waals surface area contributed by atoms with Crippen LogP contribution >= 0.6 is 0 Å². The van der Waals surface area contributed by atoms with Crippen LogP contribution in [0, 0.1) is 11.3 Å². The van der Waals surface area contributed by atoms with Gasteiger partial charge in [0.1, 0.15) is 17.6 Å². The molecule has 1 amide bonds. The van der Waals surface area contributed by atoms with Gasteiger partial charge in [-0.3, -0.25) is 9.59 Å². The molecule has 0 aliphatic heterocycles. The van der Waals surface area contributed by atoms with Crippen LogP contribution in [-0.4, -0.2) is 33.4 Å². The number of amides is 1. The zero-order valence-corrected chi connectivity index (χ0v) is 15.7. The third-order valence-electron chi connectivity index (χ3n) is 4.28. The molecule has 0 aliphatic carbocycles. The number of fused-ring (bicyclic) bond motifs is 1. The summed E-state index contributed by atoms with van der Waals surface area (Å²) in [4.78, 5) is 33.7. The second kappa shape index (κ2) is 8.35. The number of rotatable bonds is 6. The molecule has 1 aromatic heterocycles. The number of nitriles is 1. The molecule has 0 spiro atoms. The van der Waals surface area contributed by atoms with E-state index in [0.717, 1.165) is 0 Å². The molecule has 1 N–H and O–H groups in total. The first-order valence-corrected chi connectivity index (χ1v) is 8.89. The van der Waals surface area contributed by atoms with Gasteiger partial charge in [-0.1, -0.05) is 24.3 Å². The molecule has 3 rings (SSSR count). The lowest BCUT2D eigenvalue weighted by molar-refractivity contribution is -0.135. The number of hydrogen-bond donors (Lipinski definition) is 1. The van der Waals surface area contributed by atoms with Gasteiger partial charge in [-0.2, -0.15) is 5.26 Å². The van der Waals surface area contributed by atoms with Crippen LogP contribution in [0.1, 0.15) is 25.2 Å². The number of benzene rings is 2. The molecule has 0 radical (unpaired) electrons. The first kappa shape index (κ1) is 19.1. The zero-order valence-electron chi connectivity index (χ0n) is 15.7. The Morgan fingerprint density at radius 1 is 1.21 bits per heavy atom. The summed E-state index contributed by atoms with van der Waals surface area (Å²) in [6, 6.07) is 15.7. The summed E-state index contributed by atoms with van der Waals surface area (Å²) >= 11 is 0. The van der Waals surface area contributed by atoms with E-state index < -0.39 is 0 Å². The predicted octanol–water partition coefficient (Wildman–Crippen LogP) is 2.61. The molecular formula is C21H20N4O3. The highest BCUT2D eigenvalue weighted by atomic mass is 16.5. The molecule has 28 heavy (non-hydrogen) atoms. The summed E-state index contributed by atoms with van der Waals surface area (Å²) in [6.07, 6.45) is 0. The smallest absolute Gasteiger partial charge is 0.261 e. The monoisotopic (exact) mass is 376 g/mol. The first-order chi connectivity index (χ1) is 13.5. The van der Waals surface area contributed by atoms with Crippen LogP contribution in [-0.2, 0) is 11.3 Å². The van der Waals surface area contributed by atoms with Gasteiger partial charge < -0.3 is 14.6 Å². The standard InChI is InChI=1S/C21H20N4O3/c1-14(2)25(20(26)13-28-18-10-6-3-7-15(18)11-22)12-19-23-17-9-5-4-8-16(17)21(27)24-19/h3-10,14H,12-13H2,1-2H3,(H,23,24,27). The van der Waals surface area contributed by atoms with Gasteiger partial charge in [0, 0.05) is 6.04 Å². The maximum absolute atomic E-state index is 12.7. The SMILES string of the molecule is CC(C)N(Cc1nc2ccccc2c(=O)[nH]1)C(=O)COc1ccccc1C#N. The summed E-state index contributed by atoms with van der Waals surface area (Å²) in [5.74, 6) is 0.501. The van der Waals surface area contributed by atoms with Crippen molar-refractivity contribution in [2.45, 2.75) is 26.4 Å². The fraction of sp³-hybridized carbons (Fsp3) is 0.238. The van der Waals surface area contributed by atoms with Crippen LogP contribution in [0.5, 0.6) is 5.75 Å². The number of ether oxygens (including phenoxy) is 1. The Labute approximate surface area is 162 Å². The number of H-pyrrole nitrogens is 1. The third-order valence-corrected chi connectivity index (χ3v) is 4.28. The van der Waals surface area contributed by atoms with E-state index in [-0.39, 0.29) is 30.7 Å². The molecule has 0 saturated carbocycles.